The molecular formula is C22H35N5O. The number of carbonyl (C=O) groups excluding carboxylic acids is 1. The highest BCUT2D eigenvalue weighted by atomic mass is 16.2. The molecule has 0 radical (unpaired) electrons. The fourth-order valence-corrected chi connectivity index (χ4v) is 4.70. The summed E-state index contributed by atoms with van der Waals surface area (Å²) in [6.07, 6.45) is 4.44. The number of anilines is 1. The molecule has 3 aliphatic rings. The van der Waals surface area contributed by atoms with Gasteiger partial charge < -0.3 is 20.9 Å². The Morgan fingerprint density at radius 3 is 2.36 bits per heavy atom. The molecule has 28 heavy (non-hydrogen) atoms. The number of amides is 1. The first kappa shape index (κ1) is 19.7. The summed E-state index contributed by atoms with van der Waals surface area (Å²) in [7, 11) is 0. The van der Waals surface area contributed by atoms with Crippen molar-refractivity contribution < 1.29 is 4.79 Å². The molecule has 0 spiro atoms. The van der Waals surface area contributed by atoms with Crippen molar-refractivity contribution in [3.05, 3.63) is 29.8 Å². The maximum absolute atomic E-state index is 12.5. The lowest BCUT2D eigenvalue weighted by atomic mass is 9.91. The topological polar surface area (TPSA) is 64.8 Å². The van der Waals surface area contributed by atoms with Crippen LogP contribution in [0, 0.1) is 0 Å². The van der Waals surface area contributed by atoms with E-state index >= 15 is 0 Å². The molecule has 0 aliphatic carbocycles. The van der Waals surface area contributed by atoms with Crippen molar-refractivity contribution in [3.8, 4) is 0 Å². The normalized spacial score (nSPS) is 25.1. The Bertz CT molecular complexity index is 627. The number of piperidine rings is 2. The Morgan fingerprint density at radius 1 is 1.00 bits per heavy atom. The number of nitrogens with one attached hydrogen (secondary N) is 1. The maximum atomic E-state index is 12.5. The van der Waals surface area contributed by atoms with E-state index in [1.165, 1.54) is 24.1 Å². The van der Waals surface area contributed by atoms with Gasteiger partial charge in [0.05, 0.1) is 6.54 Å². The van der Waals surface area contributed by atoms with E-state index in [1.54, 1.807) is 0 Å². The molecule has 3 N–H and O–H groups in total. The molecular weight excluding hydrogens is 350 g/mol. The number of hydrogen-bond acceptors (Lipinski definition) is 5. The van der Waals surface area contributed by atoms with Crippen LogP contribution in [-0.2, 0) is 4.79 Å². The predicted octanol–water partition coefficient (Wildman–Crippen LogP) is 1.23. The number of benzene rings is 1. The van der Waals surface area contributed by atoms with Crippen molar-refractivity contribution in [1.29, 1.82) is 0 Å². The Balaban J connectivity index is 1.24. The molecule has 6 nitrogen and oxygen atoms in total. The van der Waals surface area contributed by atoms with Crippen molar-refractivity contribution >= 4 is 11.6 Å². The quantitative estimate of drug-likeness (QED) is 0.816. The monoisotopic (exact) mass is 385 g/mol. The van der Waals surface area contributed by atoms with E-state index in [4.69, 9.17) is 5.73 Å². The summed E-state index contributed by atoms with van der Waals surface area (Å²) in [6, 6.07) is 9.45. The molecule has 1 atom stereocenters. The Labute approximate surface area is 169 Å². The average molecular weight is 386 g/mol. The third kappa shape index (κ3) is 4.85. The smallest absolute Gasteiger partial charge is 0.236 e. The van der Waals surface area contributed by atoms with Gasteiger partial charge in [0, 0.05) is 57.5 Å². The van der Waals surface area contributed by atoms with E-state index in [9.17, 15) is 4.79 Å². The van der Waals surface area contributed by atoms with Crippen molar-refractivity contribution in [3.63, 3.8) is 0 Å². The third-order valence-electron chi connectivity index (χ3n) is 6.65. The lowest BCUT2D eigenvalue weighted by molar-refractivity contribution is -0.133. The molecule has 0 bridgehead atoms. The van der Waals surface area contributed by atoms with Gasteiger partial charge in [0.2, 0.25) is 5.91 Å². The summed E-state index contributed by atoms with van der Waals surface area (Å²) in [5, 5.41) is 3.50. The lowest BCUT2D eigenvalue weighted by Gasteiger charge is -2.37. The molecule has 3 heterocycles. The highest BCUT2D eigenvalue weighted by Crippen LogP contribution is 2.26. The van der Waals surface area contributed by atoms with E-state index < -0.39 is 0 Å². The van der Waals surface area contributed by atoms with Crippen molar-refractivity contribution in [1.82, 2.24) is 15.1 Å². The van der Waals surface area contributed by atoms with Gasteiger partial charge in [-0.15, -0.1) is 0 Å². The molecule has 6 heteroatoms. The number of carbonyl (C=O) groups is 1. The molecule has 1 aromatic carbocycles. The van der Waals surface area contributed by atoms with E-state index in [2.05, 4.69) is 39.4 Å². The minimum atomic E-state index is 0.269. The van der Waals surface area contributed by atoms with Crippen molar-refractivity contribution in [2.45, 2.75) is 37.6 Å². The minimum absolute atomic E-state index is 0.269. The summed E-state index contributed by atoms with van der Waals surface area (Å²) < 4.78 is 0. The summed E-state index contributed by atoms with van der Waals surface area (Å²) in [5.41, 5.74) is 8.71. The van der Waals surface area contributed by atoms with Crippen molar-refractivity contribution in [2.24, 2.45) is 5.73 Å². The number of hydrogen-bond donors (Lipinski definition) is 2. The molecule has 0 saturated carbocycles. The Hall–Kier alpha value is -1.63. The fourth-order valence-electron chi connectivity index (χ4n) is 4.70. The lowest BCUT2D eigenvalue weighted by Crippen LogP contribution is -2.51. The standard InChI is InChI=1S/C22H35N5O/c23-20-7-10-27(11-8-20)22(28)17-25-12-14-26(15-13-25)21-5-3-18(4-6-21)19-2-1-9-24-16-19/h3-6,19-20,24H,1-2,7-17,23H2. The first-order valence-corrected chi connectivity index (χ1v) is 11.0. The second-order valence-electron chi connectivity index (χ2n) is 8.62. The summed E-state index contributed by atoms with van der Waals surface area (Å²) in [5.74, 6) is 0.931. The van der Waals surface area contributed by atoms with Crippen LogP contribution in [0.5, 0.6) is 0 Å². The highest BCUT2D eigenvalue weighted by Gasteiger charge is 2.24. The van der Waals surface area contributed by atoms with Gasteiger partial charge in [-0.05, 0) is 55.8 Å². The average Bonchev–Trinajstić information content (AvgIpc) is 2.75. The number of rotatable bonds is 4. The largest absolute Gasteiger partial charge is 0.369 e. The number of likely N-dealkylation sites (tertiary alicyclic amines) is 1. The van der Waals surface area contributed by atoms with E-state index in [1.807, 2.05) is 4.90 Å². The summed E-state index contributed by atoms with van der Waals surface area (Å²) in [4.78, 5) is 19.3. The number of nitrogens with two attached hydrogens (primary N) is 1. The van der Waals surface area contributed by atoms with Gasteiger partial charge in [-0.1, -0.05) is 12.1 Å². The van der Waals surface area contributed by atoms with Gasteiger partial charge in [0.25, 0.3) is 0 Å². The summed E-state index contributed by atoms with van der Waals surface area (Å²) >= 11 is 0. The van der Waals surface area contributed by atoms with Gasteiger partial charge in [-0.2, -0.15) is 0 Å². The molecule has 1 amide bonds. The fraction of sp³-hybridized carbons (Fsp3) is 0.682. The first-order valence-electron chi connectivity index (χ1n) is 11.0. The highest BCUT2D eigenvalue weighted by molar-refractivity contribution is 5.78. The molecule has 0 aromatic heterocycles. The van der Waals surface area contributed by atoms with Crippen LogP contribution in [0.3, 0.4) is 0 Å². The van der Waals surface area contributed by atoms with E-state index in [-0.39, 0.29) is 11.9 Å². The third-order valence-corrected chi connectivity index (χ3v) is 6.65. The number of piperazine rings is 1. The molecule has 3 saturated heterocycles. The molecule has 3 aliphatic heterocycles. The van der Waals surface area contributed by atoms with Crippen LogP contribution in [0.1, 0.15) is 37.2 Å². The Kier molecular flexibility index (Phi) is 6.50. The molecule has 3 fully saturated rings. The minimum Gasteiger partial charge on any atom is -0.369 e. The van der Waals surface area contributed by atoms with Crippen LogP contribution in [0.4, 0.5) is 5.69 Å². The van der Waals surface area contributed by atoms with Gasteiger partial charge in [-0.3, -0.25) is 9.69 Å². The first-order chi connectivity index (χ1) is 13.7. The van der Waals surface area contributed by atoms with Crippen LogP contribution < -0.4 is 16.0 Å². The van der Waals surface area contributed by atoms with E-state index in [0.29, 0.717) is 12.5 Å². The van der Waals surface area contributed by atoms with Gasteiger partial charge in [0.1, 0.15) is 0 Å². The maximum Gasteiger partial charge on any atom is 0.236 e. The van der Waals surface area contributed by atoms with Gasteiger partial charge in [-0.25, -0.2) is 0 Å². The van der Waals surface area contributed by atoms with Gasteiger partial charge in [0.15, 0.2) is 0 Å². The summed E-state index contributed by atoms with van der Waals surface area (Å²) in [6.45, 7) is 8.34. The molecule has 1 aromatic rings. The zero-order chi connectivity index (χ0) is 19.3. The predicted molar refractivity (Wildman–Crippen MR) is 114 cm³/mol. The molecule has 1 unspecified atom stereocenters. The van der Waals surface area contributed by atoms with E-state index in [0.717, 1.165) is 65.2 Å². The van der Waals surface area contributed by atoms with Crippen LogP contribution in [0.15, 0.2) is 24.3 Å². The zero-order valence-electron chi connectivity index (χ0n) is 17.0. The molecule has 154 valence electrons. The van der Waals surface area contributed by atoms with Crippen LogP contribution in [-0.4, -0.2) is 80.7 Å². The SMILES string of the molecule is NC1CCN(C(=O)CN2CCN(c3ccc(C4CCCNC4)cc3)CC2)CC1. The van der Waals surface area contributed by atoms with Crippen LogP contribution >= 0.6 is 0 Å². The zero-order valence-corrected chi connectivity index (χ0v) is 17.0. The second kappa shape index (κ2) is 9.25. The second-order valence-corrected chi connectivity index (χ2v) is 8.62. The molecule has 4 rings (SSSR count). The Morgan fingerprint density at radius 2 is 1.71 bits per heavy atom. The van der Waals surface area contributed by atoms with Crippen LogP contribution in [0.25, 0.3) is 0 Å². The van der Waals surface area contributed by atoms with Crippen LogP contribution in [0.2, 0.25) is 0 Å². The van der Waals surface area contributed by atoms with Crippen molar-refractivity contribution in [2.75, 3.05) is 63.8 Å². The van der Waals surface area contributed by atoms with Gasteiger partial charge >= 0.3 is 0 Å². The number of nitrogens with zero attached hydrogens (tertiary/aromatic N) is 3.